The number of carbonyl (C=O) groups is 1. The lowest BCUT2D eigenvalue weighted by Gasteiger charge is -2.42. The SMILES string of the molecule is CCN(CC)CC1CCN(C(=O)C2(COC)CCNCC2)CC1.Cl.Cl. The van der Waals surface area contributed by atoms with Crippen molar-refractivity contribution in [3.05, 3.63) is 0 Å². The Morgan fingerprint density at radius 2 is 1.72 bits per heavy atom. The maximum atomic E-state index is 13.1. The summed E-state index contributed by atoms with van der Waals surface area (Å²) in [5.74, 6) is 1.08. The minimum Gasteiger partial charge on any atom is -0.384 e. The van der Waals surface area contributed by atoms with Crippen LogP contribution >= 0.6 is 24.8 Å². The molecule has 5 nitrogen and oxygen atoms in total. The minimum absolute atomic E-state index is 0. The van der Waals surface area contributed by atoms with Crippen LogP contribution in [0.3, 0.4) is 0 Å². The van der Waals surface area contributed by atoms with E-state index in [0.717, 1.165) is 70.9 Å². The summed E-state index contributed by atoms with van der Waals surface area (Å²) in [4.78, 5) is 17.7. The fraction of sp³-hybridized carbons (Fsp3) is 0.944. The Hall–Kier alpha value is -0.0700. The average molecular weight is 398 g/mol. The van der Waals surface area contributed by atoms with E-state index in [1.54, 1.807) is 7.11 Å². The number of nitrogens with zero attached hydrogens (tertiary/aromatic N) is 2. The standard InChI is InChI=1S/C18H35N3O2.2ClH/c1-4-20(5-2)14-16-6-12-21(13-7-16)17(22)18(15-23-3)8-10-19-11-9-18;;/h16,19H,4-15H2,1-3H3;2*1H. The molecule has 0 aromatic carbocycles. The normalized spacial score (nSPS) is 20.7. The highest BCUT2D eigenvalue weighted by Gasteiger charge is 2.42. The molecular formula is C18H37Cl2N3O2. The van der Waals surface area contributed by atoms with Gasteiger partial charge in [0.1, 0.15) is 0 Å². The second-order valence-electron chi connectivity index (χ2n) is 7.18. The topological polar surface area (TPSA) is 44.8 Å². The fourth-order valence-electron chi connectivity index (χ4n) is 4.10. The molecule has 0 bridgehead atoms. The van der Waals surface area contributed by atoms with Crippen molar-refractivity contribution >= 4 is 30.7 Å². The number of nitrogens with one attached hydrogen (secondary N) is 1. The first kappa shape index (κ1) is 24.9. The van der Waals surface area contributed by atoms with Crippen LogP contribution in [-0.4, -0.2) is 75.2 Å². The zero-order chi connectivity index (χ0) is 16.7. The summed E-state index contributed by atoms with van der Waals surface area (Å²) in [7, 11) is 1.72. The summed E-state index contributed by atoms with van der Waals surface area (Å²) >= 11 is 0. The molecule has 2 rings (SSSR count). The Morgan fingerprint density at radius 1 is 1.16 bits per heavy atom. The van der Waals surface area contributed by atoms with E-state index >= 15 is 0 Å². The highest BCUT2D eigenvalue weighted by molar-refractivity contribution is 5.85. The number of rotatable bonds is 7. The van der Waals surface area contributed by atoms with Gasteiger partial charge in [0.05, 0.1) is 12.0 Å². The number of likely N-dealkylation sites (tertiary alicyclic amines) is 1. The summed E-state index contributed by atoms with van der Waals surface area (Å²) < 4.78 is 5.42. The summed E-state index contributed by atoms with van der Waals surface area (Å²) in [6.07, 6.45) is 4.09. The molecule has 0 aromatic rings. The molecule has 7 heteroatoms. The second kappa shape index (κ2) is 12.3. The molecule has 25 heavy (non-hydrogen) atoms. The van der Waals surface area contributed by atoms with Crippen molar-refractivity contribution in [2.75, 3.05) is 59.5 Å². The van der Waals surface area contributed by atoms with E-state index < -0.39 is 0 Å². The number of ether oxygens (including phenoxy) is 1. The van der Waals surface area contributed by atoms with E-state index in [2.05, 4.69) is 29.0 Å². The number of carbonyl (C=O) groups excluding carboxylic acids is 1. The lowest BCUT2D eigenvalue weighted by molar-refractivity contribution is -0.149. The molecule has 0 atom stereocenters. The van der Waals surface area contributed by atoms with Crippen LogP contribution in [0.4, 0.5) is 0 Å². The number of methoxy groups -OCH3 is 1. The zero-order valence-electron chi connectivity index (χ0n) is 16.1. The third-order valence-electron chi connectivity index (χ3n) is 5.75. The molecular weight excluding hydrogens is 361 g/mol. The molecule has 0 spiro atoms. The number of halogens is 2. The van der Waals surface area contributed by atoms with Gasteiger partial charge in [-0.05, 0) is 57.8 Å². The lowest BCUT2D eigenvalue weighted by atomic mass is 9.77. The summed E-state index contributed by atoms with van der Waals surface area (Å²) in [6, 6.07) is 0. The highest BCUT2D eigenvalue weighted by atomic mass is 35.5. The molecule has 2 heterocycles. The molecule has 1 amide bonds. The van der Waals surface area contributed by atoms with Crippen molar-refractivity contribution in [1.29, 1.82) is 0 Å². The third kappa shape index (κ3) is 6.55. The Labute approximate surface area is 166 Å². The van der Waals surface area contributed by atoms with Gasteiger partial charge in [0.2, 0.25) is 5.91 Å². The number of piperidine rings is 2. The summed E-state index contributed by atoms with van der Waals surface area (Å²) in [6.45, 7) is 12.1. The molecule has 0 aliphatic carbocycles. The van der Waals surface area contributed by atoms with Crippen molar-refractivity contribution in [1.82, 2.24) is 15.1 Å². The molecule has 0 saturated carbocycles. The van der Waals surface area contributed by atoms with E-state index in [1.807, 2.05) is 0 Å². The van der Waals surface area contributed by atoms with Crippen molar-refractivity contribution < 1.29 is 9.53 Å². The molecule has 0 unspecified atom stereocenters. The maximum Gasteiger partial charge on any atom is 0.231 e. The Kier molecular flexibility index (Phi) is 12.3. The fourth-order valence-corrected chi connectivity index (χ4v) is 4.10. The van der Waals surface area contributed by atoms with Crippen LogP contribution < -0.4 is 5.32 Å². The third-order valence-corrected chi connectivity index (χ3v) is 5.75. The van der Waals surface area contributed by atoms with Crippen molar-refractivity contribution in [2.45, 2.75) is 39.5 Å². The number of amides is 1. The molecule has 2 saturated heterocycles. The van der Waals surface area contributed by atoms with Gasteiger partial charge in [-0.1, -0.05) is 13.8 Å². The molecule has 2 fully saturated rings. The van der Waals surface area contributed by atoms with Gasteiger partial charge in [-0.2, -0.15) is 0 Å². The van der Waals surface area contributed by atoms with E-state index in [-0.39, 0.29) is 30.2 Å². The van der Waals surface area contributed by atoms with Crippen LogP contribution in [0.1, 0.15) is 39.5 Å². The van der Waals surface area contributed by atoms with Crippen LogP contribution in [0, 0.1) is 11.3 Å². The molecule has 150 valence electrons. The van der Waals surface area contributed by atoms with Gasteiger partial charge in [-0.15, -0.1) is 24.8 Å². The van der Waals surface area contributed by atoms with Crippen molar-refractivity contribution in [2.24, 2.45) is 11.3 Å². The second-order valence-corrected chi connectivity index (χ2v) is 7.18. The van der Waals surface area contributed by atoms with Crippen LogP contribution in [0.5, 0.6) is 0 Å². The first-order chi connectivity index (χ1) is 11.1. The first-order valence-corrected chi connectivity index (χ1v) is 9.36. The Morgan fingerprint density at radius 3 is 2.20 bits per heavy atom. The van der Waals surface area contributed by atoms with E-state index in [9.17, 15) is 4.79 Å². The van der Waals surface area contributed by atoms with E-state index in [0.29, 0.717) is 12.5 Å². The molecule has 2 aliphatic rings. The molecule has 2 aliphatic heterocycles. The van der Waals surface area contributed by atoms with Crippen molar-refractivity contribution in [3.8, 4) is 0 Å². The van der Waals surface area contributed by atoms with Gasteiger partial charge >= 0.3 is 0 Å². The van der Waals surface area contributed by atoms with Crippen LogP contribution in [-0.2, 0) is 9.53 Å². The van der Waals surface area contributed by atoms with Gasteiger partial charge in [0.15, 0.2) is 0 Å². The summed E-state index contributed by atoms with van der Waals surface area (Å²) in [5.41, 5.74) is -0.286. The average Bonchev–Trinajstić information content (AvgIpc) is 2.60. The van der Waals surface area contributed by atoms with Crippen LogP contribution in [0.25, 0.3) is 0 Å². The lowest BCUT2D eigenvalue weighted by Crippen LogP contribution is -2.53. The molecule has 0 aromatic heterocycles. The van der Waals surface area contributed by atoms with Crippen LogP contribution in [0.2, 0.25) is 0 Å². The smallest absolute Gasteiger partial charge is 0.231 e. The highest BCUT2D eigenvalue weighted by Crippen LogP contribution is 2.33. The number of hydrogen-bond acceptors (Lipinski definition) is 4. The minimum atomic E-state index is -0.286. The van der Waals surface area contributed by atoms with Gasteiger partial charge in [-0.25, -0.2) is 0 Å². The zero-order valence-corrected chi connectivity index (χ0v) is 17.7. The largest absolute Gasteiger partial charge is 0.384 e. The summed E-state index contributed by atoms with van der Waals surface area (Å²) in [5, 5.41) is 3.37. The maximum absolute atomic E-state index is 13.1. The van der Waals surface area contributed by atoms with Crippen molar-refractivity contribution in [3.63, 3.8) is 0 Å². The predicted molar refractivity (Wildman–Crippen MR) is 108 cm³/mol. The van der Waals surface area contributed by atoms with E-state index in [1.165, 1.54) is 6.54 Å². The Bertz CT molecular complexity index is 362. The van der Waals surface area contributed by atoms with Gasteiger partial charge < -0.3 is 19.9 Å². The van der Waals surface area contributed by atoms with Gasteiger partial charge in [0.25, 0.3) is 0 Å². The van der Waals surface area contributed by atoms with Crippen LogP contribution in [0.15, 0.2) is 0 Å². The Balaban J connectivity index is 0.00000288. The van der Waals surface area contributed by atoms with Gasteiger partial charge in [-0.3, -0.25) is 4.79 Å². The molecule has 1 N–H and O–H groups in total. The van der Waals surface area contributed by atoms with E-state index in [4.69, 9.17) is 4.74 Å². The quantitative estimate of drug-likeness (QED) is 0.716. The van der Waals surface area contributed by atoms with Gasteiger partial charge in [0, 0.05) is 26.7 Å². The predicted octanol–water partition coefficient (Wildman–Crippen LogP) is 2.43. The monoisotopic (exact) mass is 397 g/mol. The first-order valence-electron chi connectivity index (χ1n) is 9.36. The molecule has 0 radical (unpaired) electrons. The number of hydrogen-bond donors (Lipinski definition) is 1.